The largest absolute Gasteiger partial charge is 0.454 e. The molecule has 1 N–H and O–H groups in total. The number of fused-ring (bicyclic) bond motifs is 2. The zero-order chi connectivity index (χ0) is 16.0. The normalized spacial score (nSPS) is 13.4. The van der Waals surface area contributed by atoms with E-state index in [0.717, 1.165) is 10.3 Å². The van der Waals surface area contributed by atoms with Crippen molar-refractivity contribution in [3.63, 3.8) is 0 Å². The third kappa shape index (κ3) is 2.60. The summed E-state index contributed by atoms with van der Waals surface area (Å²) in [6.45, 7) is 2.10. The molecule has 0 amide bonds. The Balaban J connectivity index is 1.68. The lowest BCUT2D eigenvalue weighted by molar-refractivity contribution is 0.174. The number of aryl methyl sites for hydroxylation is 1. The van der Waals surface area contributed by atoms with Gasteiger partial charge in [-0.2, -0.15) is 0 Å². The molecule has 2 aromatic carbocycles. The predicted molar refractivity (Wildman–Crippen MR) is 87.7 cm³/mol. The molecule has 0 unspecified atom stereocenters. The van der Waals surface area contributed by atoms with Crippen LogP contribution in [-0.2, 0) is 10.0 Å². The van der Waals surface area contributed by atoms with Gasteiger partial charge in [0.05, 0.1) is 15.1 Å². The number of anilines is 1. The first-order valence-corrected chi connectivity index (χ1v) is 9.11. The van der Waals surface area contributed by atoms with Gasteiger partial charge in [0.15, 0.2) is 16.6 Å². The number of thiazole rings is 1. The van der Waals surface area contributed by atoms with Crippen LogP contribution in [-0.4, -0.2) is 20.2 Å². The van der Waals surface area contributed by atoms with E-state index < -0.39 is 10.0 Å². The van der Waals surface area contributed by atoms with E-state index in [9.17, 15) is 8.42 Å². The van der Waals surface area contributed by atoms with Crippen molar-refractivity contribution in [3.05, 3.63) is 42.0 Å². The molecule has 2 heterocycles. The second-order valence-electron chi connectivity index (χ2n) is 5.11. The van der Waals surface area contributed by atoms with E-state index in [1.807, 2.05) is 6.92 Å². The van der Waals surface area contributed by atoms with Crippen molar-refractivity contribution in [3.8, 4) is 11.5 Å². The van der Waals surface area contributed by atoms with Crippen molar-refractivity contribution in [1.29, 1.82) is 0 Å². The Morgan fingerprint density at radius 2 is 1.83 bits per heavy atom. The molecule has 0 spiro atoms. The van der Waals surface area contributed by atoms with Crippen molar-refractivity contribution in [1.82, 2.24) is 4.98 Å². The van der Waals surface area contributed by atoms with Crippen molar-refractivity contribution in [2.24, 2.45) is 0 Å². The highest BCUT2D eigenvalue weighted by atomic mass is 32.2. The van der Waals surface area contributed by atoms with Gasteiger partial charge in [-0.25, -0.2) is 13.4 Å². The number of ether oxygens (including phenoxy) is 2. The summed E-state index contributed by atoms with van der Waals surface area (Å²) in [4.78, 5) is 4.52. The number of rotatable bonds is 3. The first kappa shape index (κ1) is 14.3. The third-order valence-corrected chi connectivity index (χ3v) is 5.85. The van der Waals surface area contributed by atoms with E-state index >= 15 is 0 Å². The van der Waals surface area contributed by atoms with Crippen LogP contribution >= 0.6 is 11.3 Å². The molecule has 0 atom stereocenters. The van der Waals surface area contributed by atoms with Gasteiger partial charge in [-0.15, -0.1) is 0 Å². The smallest absolute Gasteiger partial charge is 0.263 e. The fraction of sp³-hybridized carbons (Fsp3) is 0.133. The number of aromatic nitrogens is 1. The summed E-state index contributed by atoms with van der Waals surface area (Å²) < 4.78 is 38.8. The quantitative estimate of drug-likeness (QED) is 0.787. The minimum Gasteiger partial charge on any atom is -0.454 e. The zero-order valence-corrected chi connectivity index (χ0v) is 13.7. The lowest BCUT2D eigenvalue weighted by Crippen LogP contribution is -2.12. The zero-order valence-electron chi connectivity index (χ0n) is 12.1. The van der Waals surface area contributed by atoms with Crippen LogP contribution in [0.2, 0.25) is 0 Å². The lowest BCUT2D eigenvalue weighted by atomic mass is 10.2. The SMILES string of the molecule is Cc1ccc(S(=O)(=O)Nc2nc3cc4c(cc3s2)OCO4)cc1. The monoisotopic (exact) mass is 348 g/mol. The molecule has 0 bridgehead atoms. The number of sulfonamides is 1. The van der Waals surface area contributed by atoms with Gasteiger partial charge in [0.1, 0.15) is 0 Å². The highest BCUT2D eigenvalue weighted by molar-refractivity contribution is 7.93. The summed E-state index contributed by atoms with van der Waals surface area (Å²) in [6, 6.07) is 10.2. The molecule has 0 saturated heterocycles. The molecule has 23 heavy (non-hydrogen) atoms. The molecule has 0 saturated carbocycles. The molecule has 1 aliphatic rings. The van der Waals surface area contributed by atoms with Crippen LogP contribution in [0.5, 0.6) is 11.5 Å². The number of nitrogens with zero attached hydrogens (tertiary/aromatic N) is 1. The topological polar surface area (TPSA) is 77.5 Å². The molecular formula is C15H12N2O4S2. The number of benzene rings is 2. The van der Waals surface area contributed by atoms with Gasteiger partial charge in [0, 0.05) is 12.1 Å². The second-order valence-corrected chi connectivity index (χ2v) is 7.82. The molecule has 1 aromatic heterocycles. The number of hydrogen-bond donors (Lipinski definition) is 1. The third-order valence-electron chi connectivity index (χ3n) is 3.44. The predicted octanol–water partition coefficient (Wildman–Crippen LogP) is 3.13. The average Bonchev–Trinajstić information content (AvgIpc) is 3.09. The minimum absolute atomic E-state index is 0.194. The Bertz CT molecular complexity index is 953. The van der Waals surface area contributed by atoms with E-state index in [2.05, 4.69) is 9.71 Å². The van der Waals surface area contributed by atoms with Gasteiger partial charge in [-0.1, -0.05) is 29.0 Å². The summed E-state index contributed by atoms with van der Waals surface area (Å²) in [5, 5.41) is 0.309. The van der Waals surface area contributed by atoms with Crippen molar-refractivity contribution in [2.75, 3.05) is 11.5 Å². The number of hydrogen-bond acceptors (Lipinski definition) is 6. The summed E-state index contributed by atoms with van der Waals surface area (Å²) in [6.07, 6.45) is 0. The van der Waals surface area contributed by atoms with Crippen molar-refractivity contribution >= 4 is 36.7 Å². The Hall–Kier alpha value is -2.32. The van der Waals surface area contributed by atoms with E-state index in [1.54, 1.807) is 36.4 Å². The van der Waals surface area contributed by atoms with Gasteiger partial charge in [-0.05, 0) is 19.1 Å². The standard InChI is InChI=1S/C15H12N2O4S2/c1-9-2-4-10(5-3-9)23(18,19)17-15-16-11-6-12-13(21-8-20-12)7-14(11)22-15/h2-7H,8H2,1H3,(H,16,17). The Morgan fingerprint density at radius 1 is 1.13 bits per heavy atom. The molecule has 3 aromatic rings. The second kappa shape index (κ2) is 5.10. The van der Waals surface area contributed by atoms with E-state index in [0.29, 0.717) is 22.1 Å². The molecule has 0 aliphatic carbocycles. The van der Waals surface area contributed by atoms with Crippen LogP contribution < -0.4 is 14.2 Å². The van der Waals surface area contributed by atoms with Gasteiger partial charge < -0.3 is 9.47 Å². The minimum atomic E-state index is -3.65. The summed E-state index contributed by atoms with van der Waals surface area (Å²) in [7, 11) is -3.65. The van der Waals surface area contributed by atoms with E-state index in [4.69, 9.17) is 9.47 Å². The van der Waals surface area contributed by atoms with Crippen LogP contribution in [0.3, 0.4) is 0 Å². The Morgan fingerprint density at radius 3 is 2.57 bits per heavy atom. The fourth-order valence-corrected chi connectivity index (χ4v) is 4.36. The van der Waals surface area contributed by atoms with Crippen molar-refractivity contribution < 1.29 is 17.9 Å². The van der Waals surface area contributed by atoms with Crippen molar-refractivity contribution in [2.45, 2.75) is 11.8 Å². The number of nitrogens with one attached hydrogen (secondary N) is 1. The Kier molecular flexibility index (Phi) is 3.17. The molecule has 1 aliphatic heterocycles. The van der Waals surface area contributed by atoms with E-state index in [1.165, 1.54) is 11.3 Å². The van der Waals surface area contributed by atoms with Crippen LogP contribution in [0.1, 0.15) is 5.56 Å². The molecule has 6 nitrogen and oxygen atoms in total. The van der Waals surface area contributed by atoms with Gasteiger partial charge in [-0.3, -0.25) is 4.72 Å². The molecule has 0 fully saturated rings. The fourth-order valence-electron chi connectivity index (χ4n) is 2.25. The average molecular weight is 348 g/mol. The maximum absolute atomic E-state index is 12.4. The summed E-state index contributed by atoms with van der Waals surface area (Å²) >= 11 is 1.25. The van der Waals surface area contributed by atoms with E-state index in [-0.39, 0.29) is 11.7 Å². The summed E-state index contributed by atoms with van der Waals surface area (Å²) in [5.41, 5.74) is 1.67. The first-order valence-electron chi connectivity index (χ1n) is 6.81. The molecular weight excluding hydrogens is 336 g/mol. The maximum Gasteiger partial charge on any atom is 0.263 e. The maximum atomic E-state index is 12.4. The molecule has 8 heteroatoms. The van der Waals surface area contributed by atoms with Crippen LogP contribution in [0, 0.1) is 6.92 Å². The highest BCUT2D eigenvalue weighted by Gasteiger charge is 2.19. The van der Waals surface area contributed by atoms with Crippen LogP contribution in [0.4, 0.5) is 5.13 Å². The molecule has 0 radical (unpaired) electrons. The molecule has 4 rings (SSSR count). The Labute approximate surface area is 136 Å². The van der Waals surface area contributed by atoms with Crippen LogP contribution in [0.15, 0.2) is 41.3 Å². The first-order chi connectivity index (χ1) is 11.0. The van der Waals surface area contributed by atoms with Gasteiger partial charge in [0.25, 0.3) is 10.0 Å². The lowest BCUT2D eigenvalue weighted by Gasteiger charge is -2.04. The van der Waals surface area contributed by atoms with Crippen LogP contribution in [0.25, 0.3) is 10.2 Å². The highest BCUT2D eigenvalue weighted by Crippen LogP contribution is 2.39. The molecule has 118 valence electrons. The van der Waals surface area contributed by atoms with Gasteiger partial charge >= 0.3 is 0 Å². The summed E-state index contributed by atoms with van der Waals surface area (Å²) in [5.74, 6) is 1.27. The van der Waals surface area contributed by atoms with Gasteiger partial charge in [0.2, 0.25) is 6.79 Å².